The largest absolute Gasteiger partial charge is 0.340 e. The van der Waals surface area contributed by atoms with Gasteiger partial charge in [-0.3, -0.25) is 9.69 Å². The fraction of sp³-hybridized carbons (Fsp3) is 0.562. The molecule has 4 nitrogen and oxygen atoms in total. The number of benzene rings is 1. The van der Waals surface area contributed by atoms with Gasteiger partial charge in [-0.15, -0.1) is 12.4 Å². The van der Waals surface area contributed by atoms with Gasteiger partial charge in [-0.05, 0) is 38.6 Å². The zero-order valence-electron chi connectivity index (χ0n) is 13.5. The smallest absolute Gasteiger partial charge is 0.236 e. The molecule has 23 heavy (non-hydrogen) atoms. The normalized spacial score (nSPS) is 18.3. The molecule has 7 heteroatoms. The molecule has 1 aromatic rings. The summed E-state index contributed by atoms with van der Waals surface area (Å²) >= 11 is 6.01. The van der Waals surface area contributed by atoms with Crippen molar-refractivity contribution in [2.24, 2.45) is 0 Å². The van der Waals surface area contributed by atoms with E-state index in [-0.39, 0.29) is 30.7 Å². The minimum absolute atomic E-state index is 0. The summed E-state index contributed by atoms with van der Waals surface area (Å²) in [6, 6.07) is 5.00. The first-order chi connectivity index (χ1) is 10.5. The van der Waals surface area contributed by atoms with Crippen LogP contribution in [0, 0.1) is 5.82 Å². The van der Waals surface area contributed by atoms with Crippen LogP contribution in [0.1, 0.15) is 18.4 Å². The highest BCUT2D eigenvalue weighted by Gasteiger charge is 2.22. The van der Waals surface area contributed by atoms with Gasteiger partial charge < -0.3 is 10.2 Å². The van der Waals surface area contributed by atoms with Crippen LogP contribution < -0.4 is 5.32 Å². The Morgan fingerprint density at radius 2 is 2.26 bits per heavy atom. The lowest BCUT2D eigenvalue weighted by molar-refractivity contribution is -0.132. The third-order valence-electron chi connectivity index (χ3n) is 4.16. The van der Waals surface area contributed by atoms with Crippen LogP contribution in [0.2, 0.25) is 5.02 Å². The number of carbonyl (C=O) groups is 1. The summed E-state index contributed by atoms with van der Waals surface area (Å²) in [5.74, 6) is -0.392. The summed E-state index contributed by atoms with van der Waals surface area (Å²) in [5, 5.41) is 3.61. The zero-order valence-corrected chi connectivity index (χ0v) is 15.1. The van der Waals surface area contributed by atoms with Crippen LogP contribution in [-0.4, -0.2) is 55.5 Å². The topological polar surface area (TPSA) is 35.6 Å². The molecule has 0 bridgehead atoms. The molecule has 0 aliphatic carbocycles. The number of likely N-dealkylation sites (tertiary alicyclic amines) is 1. The lowest BCUT2D eigenvalue weighted by atomic mass is 10.1. The third kappa shape index (κ3) is 5.60. The van der Waals surface area contributed by atoms with Gasteiger partial charge in [0.1, 0.15) is 5.82 Å². The highest BCUT2D eigenvalue weighted by atomic mass is 35.5. The molecule has 130 valence electrons. The first-order valence-electron chi connectivity index (χ1n) is 7.57. The second-order valence-electron chi connectivity index (χ2n) is 5.81. The van der Waals surface area contributed by atoms with Crippen molar-refractivity contribution in [2.75, 3.05) is 33.7 Å². The first kappa shape index (κ1) is 20.2. The van der Waals surface area contributed by atoms with Crippen LogP contribution in [0.25, 0.3) is 0 Å². The summed E-state index contributed by atoms with van der Waals surface area (Å²) in [4.78, 5) is 16.0. The summed E-state index contributed by atoms with van der Waals surface area (Å²) in [6.07, 6.45) is 2.23. The van der Waals surface area contributed by atoms with Crippen molar-refractivity contribution in [3.63, 3.8) is 0 Å². The Kier molecular flexibility index (Phi) is 8.26. The maximum atomic E-state index is 13.8. The van der Waals surface area contributed by atoms with Crippen LogP contribution in [-0.2, 0) is 11.3 Å². The number of piperidine rings is 1. The SMILES string of the molecule is CNC1CCCN(CC(=O)N(C)Cc2c(F)cccc2Cl)C1.Cl. The number of nitrogens with one attached hydrogen (secondary N) is 1. The van der Waals surface area contributed by atoms with Gasteiger partial charge in [-0.1, -0.05) is 17.7 Å². The Bertz CT molecular complexity index is 510. The van der Waals surface area contributed by atoms with Gasteiger partial charge in [0.05, 0.1) is 6.54 Å². The fourth-order valence-electron chi connectivity index (χ4n) is 2.76. The van der Waals surface area contributed by atoms with Crippen LogP contribution in [0.5, 0.6) is 0 Å². The Balaban J connectivity index is 0.00000264. The van der Waals surface area contributed by atoms with Gasteiger partial charge in [0.2, 0.25) is 5.91 Å². The molecule has 1 aromatic carbocycles. The molecular weight excluding hydrogens is 340 g/mol. The third-order valence-corrected chi connectivity index (χ3v) is 4.51. The Morgan fingerprint density at radius 3 is 2.91 bits per heavy atom. The number of amides is 1. The number of carbonyl (C=O) groups excluding carboxylic acids is 1. The molecule has 0 radical (unpaired) electrons. The number of likely N-dealkylation sites (N-methyl/N-ethyl adjacent to an activating group) is 2. The highest BCUT2D eigenvalue weighted by molar-refractivity contribution is 6.31. The predicted octanol–water partition coefficient (Wildman–Crippen LogP) is 2.54. The lowest BCUT2D eigenvalue weighted by Gasteiger charge is -2.33. The van der Waals surface area contributed by atoms with Crippen molar-refractivity contribution < 1.29 is 9.18 Å². The molecule has 0 spiro atoms. The molecule has 1 aliphatic heterocycles. The monoisotopic (exact) mass is 363 g/mol. The molecule has 1 heterocycles. The highest BCUT2D eigenvalue weighted by Crippen LogP contribution is 2.20. The second kappa shape index (κ2) is 9.42. The van der Waals surface area contributed by atoms with Crippen molar-refractivity contribution in [2.45, 2.75) is 25.4 Å². The average molecular weight is 364 g/mol. The van der Waals surface area contributed by atoms with E-state index in [1.165, 1.54) is 11.0 Å². The average Bonchev–Trinajstić information content (AvgIpc) is 2.51. The summed E-state index contributed by atoms with van der Waals surface area (Å²) in [6.45, 7) is 2.35. The Hall–Kier alpha value is -0.880. The molecule has 1 amide bonds. The Labute approximate surface area is 148 Å². The van der Waals surface area contributed by atoms with Crippen LogP contribution in [0.15, 0.2) is 18.2 Å². The summed E-state index contributed by atoms with van der Waals surface area (Å²) in [5.41, 5.74) is 0.367. The predicted molar refractivity (Wildman–Crippen MR) is 93.7 cm³/mol. The molecule has 1 saturated heterocycles. The quantitative estimate of drug-likeness (QED) is 0.872. The van der Waals surface area contributed by atoms with Gasteiger partial charge in [0.15, 0.2) is 0 Å². The van der Waals surface area contributed by atoms with E-state index in [0.717, 1.165) is 25.9 Å². The number of nitrogens with zero attached hydrogens (tertiary/aromatic N) is 2. The summed E-state index contributed by atoms with van der Waals surface area (Å²) < 4.78 is 13.8. The molecule has 1 atom stereocenters. The van der Waals surface area contributed by atoms with Crippen molar-refractivity contribution >= 4 is 29.9 Å². The number of halogens is 3. The summed E-state index contributed by atoms with van der Waals surface area (Å²) in [7, 11) is 3.63. The van der Waals surface area contributed by atoms with Crippen molar-refractivity contribution in [1.82, 2.24) is 15.1 Å². The fourth-order valence-corrected chi connectivity index (χ4v) is 2.98. The minimum Gasteiger partial charge on any atom is -0.340 e. The van der Waals surface area contributed by atoms with Gasteiger partial charge in [0, 0.05) is 36.8 Å². The van der Waals surface area contributed by atoms with Crippen molar-refractivity contribution in [3.8, 4) is 0 Å². The molecule has 1 fully saturated rings. The molecule has 1 N–H and O–H groups in total. The van der Waals surface area contributed by atoms with Gasteiger partial charge in [0.25, 0.3) is 0 Å². The number of rotatable bonds is 5. The second-order valence-corrected chi connectivity index (χ2v) is 6.22. The van der Waals surface area contributed by atoms with E-state index in [9.17, 15) is 9.18 Å². The van der Waals surface area contributed by atoms with E-state index < -0.39 is 0 Å². The maximum absolute atomic E-state index is 13.8. The van der Waals surface area contributed by atoms with Crippen molar-refractivity contribution in [1.29, 1.82) is 0 Å². The maximum Gasteiger partial charge on any atom is 0.236 e. The van der Waals surface area contributed by atoms with E-state index in [4.69, 9.17) is 11.6 Å². The van der Waals surface area contributed by atoms with Crippen LogP contribution in [0.3, 0.4) is 0 Å². The zero-order chi connectivity index (χ0) is 16.1. The first-order valence-corrected chi connectivity index (χ1v) is 7.95. The van der Waals surface area contributed by atoms with Crippen molar-refractivity contribution in [3.05, 3.63) is 34.6 Å². The Morgan fingerprint density at radius 1 is 1.52 bits per heavy atom. The molecule has 0 aromatic heterocycles. The lowest BCUT2D eigenvalue weighted by Crippen LogP contribution is -2.48. The molecule has 1 aliphatic rings. The van der Waals surface area contributed by atoms with E-state index in [1.54, 1.807) is 19.2 Å². The minimum atomic E-state index is -0.375. The molecule has 0 saturated carbocycles. The van der Waals surface area contributed by atoms with E-state index in [0.29, 0.717) is 23.2 Å². The molecule has 1 unspecified atom stereocenters. The van der Waals surface area contributed by atoms with E-state index in [1.807, 2.05) is 7.05 Å². The van der Waals surface area contributed by atoms with Crippen LogP contribution >= 0.6 is 24.0 Å². The van der Waals surface area contributed by atoms with E-state index in [2.05, 4.69) is 10.2 Å². The van der Waals surface area contributed by atoms with Gasteiger partial charge in [-0.2, -0.15) is 0 Å². The van der Waals surface area contributed by atoms with Gasteiger partial charge >= 0.3 is 0 Å². The number of hydrogen-bond acceptors (Lipinski definition) is 3. The standard InChI is InChI=1S/C16H23ClFN3O.ClH/c1-19-12-5-4-8-21(9-12)11-16(22)20(2)10-13-14(17)6-3-7-15(13)18;/h3,6-7,12,19H,4-5,8-11H2,1-2H3;1H. The van der Waals surface area contributed by atoms with E-state index >= 15 is 0 Å². The molecular formula is C16H24Cl2FN3O. The molecule has 2 rings (SSSR count). The van der Waals surface area contributed by atoms with Crippen LogP contribution in [0.4, 0.5) is 4.39 Å². The number of hydrogen-bond donors (Lipinski definition) is 1. The van der Waals surface area contributed by atoms with Gasteiger partial charge in [-0.25, -0.2) is 4.39 Å².